The van der Waals surface area contributed by atoms with E-state index >= 15 is 0 Å². The largest absolute Gasteiger partial charge is 0.348 e. The average Bonchev–Trinajstić information content (AvgIpc) is 2.37. The molecule has 0 radical (unpaired) electrons. The third kappa shape index (κ3) is 5.97. The number of nitrogens with one attached hydrogen (secondary N) is 1. The smallest absolute Gasteiger partial charge is 0.251 e. The van der Waals surface area contributed by atoms with Gasteiger partial charge in [-0.2, -0.15) is 0 Å². The zero-order chi connectivity index (χ0) is 15.1. The van der Waals surface area contributed by atoms with Crippen LogP contribution in [0, 0.1) is 5.92 Å². The minimum absolute atomic E-state index is 0.0187. The predicted octanol–water partition coefficient (Wildman–Crippen LogP) is 3.11. The monoisotopic (exact) mass is 294 g/mol. The molecule has 0 aromatic heterocycles. The van der Waals surface area contributed by atoms with Crippen LogP contribution in [-0.2, 0) is 0 Å². The molecule has 0 aliphatic carbocycles. The van der Waals surface area contributed by atoms with Gasteiger partial charge in [0.2, 0.25) is 0 Å². The van der Waals surface area contributed by atoms with Gasteiger partial charge in [0.1, 0.15) is 0 Å². The van der Waals surface area contributed by atoms with Crippen molar-refractivity contribution in [1.29, 1.82) is 0 Å². The zero-order valence-electron chi connectivity index (χ0n) is 13.1. The van der Waals surface area contributed by atoms with Gasteiger partial charge in [0.15, 0.2) is 0 Å². The van der Waals surface area contributed by atoms with Crippen molar-refractivity contribution in [3.63, 3.8) is 0 Å². The van der Waals surface area contributed by atoms with Crippen LogP contribution in [0.4, 0.5) is 0 Å². The van der Waals surface area contributed by atoms with Crippen molar-refractivity contribution in [2.75, 3.05) is 26.9 Å². The van der Waals surface area contributed by atoms with E-state index in [1.165, 1.54) is 4.90 Å². The molecule has 0 spiro atoms. The van der Waals surface area contributed by atoms with Crippen LogP contribution in [0.2, 0.25) is 0 Å². The first kappa shape index (κ1) is 17.1. The fourth-order valence-electron chi connectivity index (χ4n) is 2.20. The number of hydrogen-bond acceptors (Lipinski definition) is 3. The first-order chi connectivity index (χ1) is 9.42. The van der Waals surface area contributed by atoms with Gasteiger partial charge in [0.05, 0.1) is 0 Å². The van der Waals surface area contributed by atoms with Gasteiger partial charge in [-0.15, -0.1) is 11.8 Å². The lowest BCUT2D eigenvalue weighted by Gasteiger charge is -2.24. The van der Waals surface area contributed by atoms with Gasteiger partial charge in [-0.05, 0) is 57.0 Å². The summed E-state index contributed by atoms with van der Waals surface area (Å²) < 4.78 is 0. The molecule has 1 rings (SSSR count). The number of benzene rings is 1. The molecule has 1 amide bonds. The normalized spacial score (nSPS) is 12.8. The first-order valence-electron chi connectivity index (χ1n) is 7.02. The third-order valence-corrected chi connectivity index (χ3v) is 3.77. The van der Waals surface area contributed by atoms with Gasteiger partial charge < -0.3 is 10.2 Å². The number of thioether (sulfide) groups is 1. The summed E-state index contributed by atoms with van der Waals surface area (Å²) in [6.45, 7) is 5.23. The summed E-state index contributed by atoms with van der Waals surface area (Å²) in [6, 6.07) is 7.95. The van der Waals surface area contributed by atoms with E-state index in [0.717, 1.165) is 18.5 Å². The van der Waals surface area contributed by atoms with E-state index in [2.05, 4.69) is 24.1 Å². The Bertz CT molecular complexity index is 405. The second-order valence-corrected chi connectivity index (χ2v) is 6.67. The highest BCUT2D eigenvalue weighted by molar-refractivity contribution is 7.98. The molecular formula is C16H26N2OS. The van der Waals surface area contributed by atoms with E-state index in [1.54, 1.807) is 11.8 Å². The number of nitrogens with zero attached hydrogens (tertiary/aromatic N) is 1. The second-order valence-electron chi connectivity index (χ2n) is 5.79. The molecule has 112 valence electrons. The summed E-state index contributed by atoms with van der Waals surface area (Å²) in [5.41, 5.74) is 0.732. The molecule has 3 nitrogen and oxygen atoms in total. The van der Waals surface area contributed by atoms with Crippen molar-refractivity contribution in [2.45, 2.75) is 31.2 Å². The molecule has 20 heavy (non-hydrogen) atoms. The van der Waals surface area contributed by atoms with E-state index in [1.807, 2.05) is 44.6 Å². The molecule has 0 fully saturated rings. The van der Waals surface area contributed by atoms with Crippen molar-refractivity contribution < 1.29 is 4.79 Å². The van der Waals surface area contributed by atoms with E-state index < -0.39 is 0 Å². The maximum absolute atomic E-state index is 12.3. The van der Waals surface area contributed by atoms with Crippen molar-refractivity contribution in [1.82, 2.24) is 10.2 Å². The van der Waals surface area contributed by atoms with Gasteiger partial charge in [-0.3, -0.25) is 4.79 Å². The van der Waals surface area contributed by atoms with E-state index in [0.29, 0.717) is 5.92 Å². The lowest BCUT2D eigenvalue weighted by Crippen LogP contribution is -2.42. The molecular weight excluding hydrogens is 268 g/mol. The molecule has 1 atom stereocenters. The van der Waals surface area contributed by atoms with E-state index in [4.69, 9.17) is 0 Å². The fraction of sp³-hybridized carbons (Fsp3) is 0.562. The SMILES string of the molecule is CSc1ccc(C(=O)NC(CC(C)C)CN(C)C)cc1. The number of carbonyl (C=O) groups excluding carboxylic acids is 1. The topological polar surface area (TPSA) is 32.3 Å². The van der Waals surface area contributed by atoms with Gasteiger partial charge >= 0.3 is 0 Å². The summed E-state index contributed by atoms with van der Waals surface area (Å²) in [5.74, 6) is 0.587. The van der Waals surface area contributed by atoms with Crippen molar-refractivity contribution in [2.24, 2.45) is 5.92 Å². The Labute approximate surface area is 127 Å². The summed E-state index contributed by atoms with van der Waals surface area (Å²) >= 11 is 1.68. The second kappa shape index (κ2) is 8.32. The Morgan fingerprint density at radius 1 is 1.25 bits per heavy atom. The van der Waals surface area contributed by atoms with Crippen molar-refractivity contribution in [3.8, 4) is 0 Å². The molecule has 0 aliphatic rings. The summed E-state index contributed by atoms with van der Waals surface area (Å²) in [5, 5.41) is 3.15. The number of rotatable bonds is 7. The average molecular weight is 294 g/mol. The quantitative estimate of drug-likeness (QED) is 0.784. The molecule has 1 N–H and O–H groups in total. The Morgan fingerprint density at radius 3 is 2.30 bits per heavy atom. The number of hydrogen-bond donors (Lipinski definition) is 1. The van der Waals surface area contributed by atoms with Crippen LogP contribution in [-0.4, -0.2) is 43.7 Å². The molecule has 0 saturated carbocycles. The fourth-order valence-corrected chi connectivity index (χ4v) is 2.61. The number of likely N-dealkylation sites (N-methyl/N-ethyl adjacent to an activating group) is 1. The number of amides is 1. The van der Waals surface area contributed by atoms with Crippen LogP contribution in [0.25, 0.3) is 0 Å². The summed E-state index contributed by atoms with van der Waals surface area (Å²) in [4.78, 5) is 15.6. The van der Waals surface area contributed by atoms with Gasteiger partial charge in [0.25, 0.3) is 5.91 Å². The highest BCUT2D eigenvalue weighted by Gasteiger charge is 2.16. The minimum atomic E-state index is 0.0187. The zero-order valence-corrected chi connectivity index (χ0v) is 14.0. The van der Waals surface area contributed by atoms with Crippen LogP contribution in [0.15, 0.2) is 29.2 Å². The standard InChI is InChI=1S/C16H26N2OS/c1-12(2)10-14(11-18(3)4)17-16(19)13-6-8-15(20-5)9-7-13/h6-9,12,14H,10-11H2,1-5H3,(H,17,19). The minimum Gasteiger partial charge on any atom is -0.348 e. The van der Waals surface area contributed by atoms with Gasteiger partial charge in [0, 0.05) is 23.0 Å². The Hall–Kier alpha value is -1.00. The van der Waals surface area contributed by atoms with Crippen LogP contribution >= 0.6 is 11.8 Å². The molecule has 1 aromatic rings. The van der Waals surface area contributed by atoms with Gasteiger partial charge in [-0.25, -0.2) is 0 Å². The van der Waals surface area contributed by atoms with Crippen LogP contribution in [0.3, 0.4) is 0 Å². The lowest BCUT2D eigenvalue weighted by molar-refractivity contribution is 0.0924. The lowest BCUT2D eigenvalue weighted by atomic mass is 10.0. The molecule has 0 bridgehead atoms. The van der Waals surface area contributed by atoms with Crippen molar-refractivity contribution in [3.05, 3.63) is 29.8 Å². The molecule has 4 heteroatoms. The summed E-state index contributed by atoms with van der Waals surface area (Å²) in [7, 11) is 4.07. The number of carbonyl (C=O) groups is 1. The maximum Gasteiger partial charge on any atom is 0.251 e. The Kier molecular flexibility index (Phi) is 7.10. The molecule has 0 aliphatic heterocycles. The van der Waals surface area contributed by atoms with Crippen LogP contribution in [0.5, 0.6) is 0 Å². The molecule has 1 unspecified atom stereocenters. The molecule has 1 aromatic carbocycles. The third-order valence-electron chi connectivity index (χ3n) is 3.03. The molecule has 0 heterocycles. The highest BCUT2D eigenvalue weighted by atomic mass is 32.2. The van der Waals surface area contributed by atoms with E-state index in [-0.39, 0.29) is 11.9 Å². The van der Waals surface area contributed by atoms with Crippen LogP contribution in [0.1, 0.15) is 30.6 Å². The Balaban J connectivity index is 2.68. The summed E-state index contributed by atoms with van der Waals surface area (Å²) in [6.07, 6.45) is 3.03. The van der Waals surface area contributed by atoms with Crippen molar-refractivity contribution >= 4 is 17.7 Å². The highest BCUT2D eigenvalue weighted by Crippen LogP contribution is 2.15. The van der Waals surface area contributed by atoms with Gasteiger partial charge in [-0.1, -0.05) is 13.8 Å². The maximum atomic E-state index is 12.3. The predicted molar refractivity (Wildman–Crippen MR) is 87.5 cm³/mol. The van der Waals surface area contributed by atoms with E-state index in [9.17, 15) is 4.79 Å². The Morgan fingerprint density at radius 2 is 1.85 bits per heavy atom. The molecule has 0 saturated heterocycles. The van der Waals surface area contributed by atoms with Crippen LogP contribution < -0.4 is 5.32 Å². The first-order valence-corrected chi connectivity index (χ1v) is 8.24.